The molecule has 0 aliphatic rings. The molecule has 0 unspecified atom stereocenters. The molecule has 0 bridgehead atoms. The van der Waals surface area contributed by atoms with E-state index in [1.54, 1.807) is 38.4 Å². The molecule has 2 rings (SSSR count). The fourth-order valence-electron chi connectivity index (χ4n) is 1.69. The minimum atomic E-state index is -0.726. The summed E-state index contributed by atoms with van der Waals surface area (Å²) in [6.07, 6.45) is 3.17. The largest absolute Gasteiger partial charge is 0.462 e. The summed E-state index contributed by atoms with van der Waals surface area (Å²) in [5, 5.41) is 0. The molecule has 2 N–H and O–H groups in total. The Morgan fingerprint density at radius 2 is 1.62 bits per heavy atom. The fraction of sp³-hybridized carbons (Fsp3) is 0.222. The second kappa shape index (κ2) is 10.5. The van der Waals surface area contributed by atoms with Crippen molar-refractivity contribution in [2.75, 3.05) is 18.9 Å². The monoisotopic (exact) mass is 361 g/mol. The van der Waals surface area contributed by atoms with Crippen molar-refractivity contribution in [2.24, 2.45) is 0 Å². The number of rotatable bonds is 5. The highest BCUT2D eigenvalue weighted by Crippen LogP contribution is 2.20. The molecule has 138 valence electrons. The predicted molar refractivity (Wildman–Crippen MR) is 94.2 cm³/mol. The first-order valence-electron chi connectivity index (χ1n) is 7.76. The lowest BCUT2D eigenvalue weighted by molar-refractivity contribution is -0.146. The van der Waals surface area contributed by atoms with Crippen LogP contribution in [0.25, 0.3) is 11.3 Å². The van der Waals surface area contributed by atoms with Gasteiger partial charge in [0.25, 0.3) is 0 Å². The van der Waals surface area contributed by atoms with E-state index >= 15 is 0 Å². The lowest BCUT2D eigenvalue weighted by Crippen LogP contribution is -2.17. The van der Waals surface area contributed by atoms with E-state index in [1.807, 2.05) is 0 Å². The molecule has 0 aliphatic carbocycles. The predicted octanol–water partition coefficient (Wildman–Crippen LogP) is 2.53. The summed E-state index contributed by atoms with van der Waals surface area (Å²) in [6.45, 7) is 6.98. The number of aromatic nitrogens is 2. The second-order valence-corrected chi connectivity index (χ2v) is 4.72. The Kier molecular flexibility index (Phi) is 8.42. The highest BCUT2D eigenvalue weighted by Gasteiger charge is 2.17. The highest BCUT2D eigenvalue weighted by atomic mass is 19.1. The molecule has 2 aromatic rings. The van der Waals surface area contributed by atoms with Gasteiger partial charge in [0, 0.05) is 18.0 Å². The van der Waals surface area contributed by atoms with Gasteiger partial charge in [0.1, 0.15) is 22.9 Å². The zero-order valence-electron chi connectivity index (χ0n) is 14.6. The molecule has 0 aliphatic heterocycles. The molecule has 2 heterocycles. The van der Waals surface area contributed by atoms with E-state index in [4.69, 9.17) is 5.73 Å². The third-order valence-corrected chi connectivity index (χ3v) is 2.86. The molecule has 0 saturated carbocycles. The Labute approximate surface area is 150 Å². The Morgan fingerprint density at radius 1 is 1.08 bits per heavy atom. The molecule has 0 radical (unpaired) electrons. The van der Waals surface area contributed by atoms with Crippen molar-refractivity contribution in [3.63, 3.8) is 0 Å². The van der Waals surface area contributed by atoms with E-state index < -0.39 is 11.9 Å². The van der Waals surface area contributed by atoms with Crippen LogP contribution in [0.5, 0.6) is 0 Å². The summed E-state index contributed by atoms with van der Waals surface area (Å²) in [5.74, 6) is -1.53. The molecule has 0 atom stereocenters. The number of carbonyl (C=O) groups is 2. The number of halogens is 1. The number of ether oxygens (including phenoxy) is 2. The maximum absolute atomic E-state index is 13.3. The van der Waals surface area contributed by atoms with Crippen molar-refractivity contribution in [3.05, 3.63) is 54.6 Å². The van der Waals surface area contributed by atoms with Gasteiger partial charge < -0.3 is 15.2 Å². The minimum absolute atomic E-state index is 0.220. The Hall–Kier alpha value is -3.29. The maximum Gasteiger partial charge on any atom is 0.344 e. The molecule has 2 aromatic heterocycles. The number of hydrogen-bond donors (Lipinski definition) is 1. The van der Waals surface area contributed by atoms with Crippen molar-refractivity contribution < 1.29 is 23.5 Å². The van der Waals surface area contributed by atoms with E-state index in [0.29, 0.717) is 11.4 Å². The van der Waals surface area contributed by atoms with Gasteiger partial charge in [0.15, 0.2) is 0 Å². The van der Waals surface area contributed by atoms with E-state index in [9.17, 15) is 14.0 Å². The number of carbonyl (C=O) groups excluding carboxylic acids is 2. The number of nitrogens with two attached hydrogens (primary N) is 1. The summed E-state index contributed by atoms with van der Waals surface area (Å²) >= 11 is 0. The quantitative estimate of drug-likeness (QED) is 0.378. The van der Waals surface area contributed by atoms with Crippen LogP contribution in [0.3, 0.4) is 0 Å². The van der Waals surface area contributed by atoms with Crippen LogP contribution >= 0.6 is 0 Å². The third-order valence-electron chi connectivity index (χ3n) is 2.86. The minimum Gasteiger partial charge on any atom is -0.462 e. The van der Waals surface area contributed by atoms with Gasteiger partial charge in [-0.25, -0.2) is 19.0 Å². The molecular weight excluding hydrogens is 341 g/mol. The number of nitrogens with zero attached hydrogens (tertiary/aromatic N) is 2. The first-order valence-corrected chi connectivity index (χ1v) is 7.76. The molecule has 0 aromatic carbocycles. The molecule has 8 heteroatoms. The Balaban J connectivity index is 0.000000265. The van der Waals surface area contributed by atoms with Crippen molar-refractivity contribution in [1.82, 2.24) is 9.97 Å². The number of hydrogen-bond acceptors (Lipinski definition) is 7. The van der Waals surface area contributed by atoms with Gasteiger partial charge in [0.05, 0.1) is 13.2 Å². The van der Waals surface area contributed by atoms with Gasteiger partial charge >= 0.3 is 11.9 Å². The summed E-state index contributed by atoms with van der Waals surface area (Å²) in [7, 11) is 0. The van der Waals surface area contributed by atoms with Gasteiger partial charge in [-0.3, -0.25) is 4.98 Å². The van der Waals surface area contributed by atoms with E-state index in [-0.39, 0.29) is 30.3 Å². The lowest BCUT2D eigenvalue weighted by atomic mass is 10.2. The first-order chi connectivity index (χ1) is 12.4. The first kappa shape index (κ1) is 20.8. The van der Waals surface area contributed by atoms with Crippen LogP contribution in [0.4, 0.5) is 10.2 Å². The van der Waals surface area contributed by atoms with Crippen molar-refractivity contribution in [2.45, 2.75) is 13.8 Å². The van der Waals surface area contributed by atoms with E-state index in [0.717, 1.165) is 0 Å². The van der Waals surface area contributed by atoms with Crippen LogP contribution < -0.4 is 5.73 Å². The van der Waals surface area contributed by atoms with Crippen LogP contribution in [0.15, 0.2) is 48.8 Å². The van der Waals surface area contributed by atoms with Gasteiger partial charge in [-0.15, -0.1) is 0 Å². The molecule has 0 amide bonds. The van der Waals surface area contributed by atoms with Crippen molar-refractivity contribution in [3.8, 4) is 11.3 Å². The Bertz CT molecular complexity index is 746. The number of esters is 2. The smallest absolute Gasteiger partial charge is 0.344 e. The van der Waals surface area contributed by atoms with Crippen LogP contribution in [0.1, 0.15) is 13.8 Å². The van der Waals surface area contributed by atoms with E-state index in [2.05, 4.69) is 26.0 Å². The molecule has 7 nitrogen and oxygen atoms in total. The van der Waals surface area contributed by atoms with Crippen LogP contribution in [-0.2, 0) is 19.1 Å². The zero-order chi connectivity index (χ0) is 19.5. The number of pyridine rings is 2. The van der Waals surface area contributed by atoms with Crippen LogP contribution in [0, 0.1) is 5.82 Å². The number of nitrogen functional groups attached to an aromatic ring is 1. The SMILES string of the molecule is C=C(C(=O)OCC)C(=O)OCC.Nc1ccc(F)c(-c2ccncc2)n1. The average molecular weight is 361 g/mol. The molecule has 0 saturated heterocycles. The Morgan fingerprint density at radius 3 is 2.12 bits per heavy atom. The molecule has 26 heavy (non-hydrogen) atoms. The van der Waals surface area contributed by atoms with Gasteiger partial charge in [-0.05, 0) is 38.1 Å². The normalized spacial score (nSPS) is 9.50. The third kappa shape index (κ3) is 6.31. The maximum atomic E-state index is 13.3. The summed E-state index contributed by atoms with van der Waals surface area (Å²) in [5.41, 5.74) is 6.13. The number of anilines is 1. The summed E-state index contributed by atoms with van der Waals surface area (Å²) < 4.78 is 22.4. The second-order valence-electron chi connectivity index (χ2n) is 4.72. The van der Waals surface area contributed by atoms with Gasteiger partial charge in [-0.2, -0.15) is 0 Å². The van der Waals surface area contributed by atoms with Crippen molar-refractivity contribution >= 4 is 17.8 Å². The topological polar surface area (TPSA) is 104 Å². The fourth-order valence-corrected chi connectivity index (χ4v) is 1.69. The van der Waals surface area contributed by atoms with E-state index in [1.165, 1.54) is 12.1 Å². The molecule has 0 fully saturated rings. The van der Waals surface area contributed by atoms with Crippen molar-refractivity contribution in [1.29, 1.82) is 0 Å². The standard InChI is InChI=1S/C10H8FN3.C8H12O4/c11-8-1-2-9(12)14-10(8)7-3-5-13-6-4-7;1-4-11-7(9)6(3)8(10)12-5-2/h1-6H,(H2,12,14);3-5H2,1-2H3. The van der Waals surface area contributed by atoms with Crippen LogP contribution in [0.2, 0.25) is 0 Å². The highest BCUT2D eigenvalue weighted by molar-refractivity contribution is 6.13. The van der Waals surface area contributed by atoms with Crippen LogP contribution in [-0.4, -0.2) is 35.1 Å². The van der Waals surface area contributed by atoms with Gasteiger partial charge in [0.2, 0.25) is 0 Å². The lowest BCUT2D eigenvalue weighted by Gasteiger charge is -2.03. The molecule has 0 spiro atoms. The summed E-state index contributed by atoms with van der Waals surface area (Å²) in [4.78, 5) is 29.4. The molecular formula is C18H20FN3O4. The average Bonchev–Trinajstić information content (AvgIpc) is 2.64. The van der Waals surface area contributed by atoms with Gasteiger partial charge in [-0.1, -0.05) is 6.58 Å². The zero-order valence-corrected chi connectivity index (χ0v) is 14.6. The summed E-state index contributed by atoms with van der Waals surface area (Å²) in [6, 6.07) is 6.10.